The van der Waals surface area contributed by atoms with Crippen LogP contribution in [-0.4, -0.2) is 43.3 Å². The Morgan fingerprint density at radius 1 is 1.19 bits per heavy atom. The number of aryl methyl sites for hydroxylation is 1. The molecule has 0 fully saturated rings. The Morgan fingerprint density at radius 3 is 2.69 bits per heavy atom. The smallest absolute Gasteiger partial charge is 0.307 e. The highest BCUT2D eigenvalue weighted by molar-refractivity contribution is 6.34. The number of carbonyl (C=O) groups excluding carboxylic acids is 1. The van der Waals surface area contributed by atoms with Gasteiger partial charge in [0.05, 0.1) is 29.2 Å². The number of carbonyl (C=O) groups is 2. The van der Waals surface area contributed by atoms with Crippen molar-refractivity contribution in [2.75, 3.05) is 30.4 Å². The Balaban J connectivity index is 1.43. The maximum Gasteiger partial charge on any atom is 0.307 e. The first-order valence-corrected chi connectivity index (χ1v) is 11.8. The van der Waals surface area contributed by atoms with Crippen LogP contribution in [0, 0.1) is 12.7 Å². The molecule has 0 radical (unpaired) electrons. The van der Waals surface area contributed by atoms with Crippen LogP contribution in [0.1, 0.15) is 21.5 Å². The van der Waals surface area contributed by atoms with E-state index in [1.807, 2.05) is 24.1 Å². The predicted molar refractivity (Wildman–Crippen MR) is 137 cm³/mol. The minimum Gasteiger partial charge on any atom is -0.490 e. The highest BCUT2D eigenvalue weighted by atomic mass is 35.5. The van der Waals surface area contributed by atoms with Crippen LogP contribution in [0.4, 0.5) is 15.8 Å². The monoisotopic (exact) mass is 532 g/mol. The van der Waals surface area contributed by atoms with Crippen molar-refractivity contribution in [3.63, 3.8) is 0 Å². The fraction of sp³-hybridized carbons (Fsp3) is 0.231. The third-order valence-electron chi connectivity index (χ3n) is 5.67. The molecule has 36 heavy (non-hydrogen) atoms. The second-order valence-electron chi connectivity index (χ2n) is 8.47. The van der Waals surface area contributed by atoms with Gasteiger partial charge in [0.2, 0.25) is 0 Å². The summed E-state index contributed by atoms with van der Waals surface area (Å²) < 4.78 is 25.8. The van der Waals surface area contributed by atoms with Crippen molar-refractivity contribution < 1.29 is 28.6 Å². The minimum atomic E-state index is -1.18. The van der Waals surface area contributed by atoms with Crippen LogP contribution in [-0.2, 0) is 11.2 Å². The van der Waals surface area contributed by atoms with Crippen molar-refractivity contribution in [2.24, 2.45) is 0 Å². The number of ether oxygens (including phenoxy) is 2. The van der Waals surface area contributed by atoms with Crippen molar-refractivity contribution >= 4 is 46.5 Å². The molecule has 0 unspecified atom stereocenters. The van der Waals surface area contributed by atoms with Gasteiger partial charge in [0.15, 0.2) is 0 Å². The Kier molecular flexibility index (Phi) is 7.56. The average molecular weight is 533 g/mol. The van der Waals surface area contributed by atoms with Crippen molar-refractivity contribution in [1.82, 2.24) is 0 Å². The summed E-state index contributed by atoms with van der Waals surface area (Å²) in [5, 5.41) is 12.4. The molecular weight excluding hydrogens is 510 g/mol. The fourth-order valence-corrected chi connectivity index (χ4v) is 4.52. The lowest BCUT2D eigenvalue weighted by atomic mass is 10.1. The Labute approximate surface area is 217 Å². The second-order valence-corrected chi connectivity index (χ2v) is 9.31. The van der Waals surface area contributed by atoms with E-state index < -0.39 is 24.1 Å². The van der Waals surface area contributed by atoms with E-state index in [9.17, 15) is 14.0 Å². The number of benzene rings is 3. The molecular formula is C26H23Cl2FN2O5. The molecule has 3 aromatic carbocycles. The number of halogens is 3. The summed E-state index contributed by atoms with van der Waals surface area (Å²) in [5.74, 6) is -1.15. The maximum atomic E-state index is 13.9. The predicted octanol–water partition coefficient (Wildman–Crippen LogP) is 5.60. The van der Waals surface area contributed by atoms with Crippen LogP contribution in [0.3, 0.4) is 0 Å². The first kappa shape index (κ1) is 25.6. The molecule has 1 heterocycles. The number of hydrogen-bond donors (Lipinski definition) is 2. The molecule has 0 bridgehead atoms. The highest BCUT2D eigenvalue weighted by Gasteiger charge is 2.25. The number of nitrogens with one attached hydrogen (secondary N) is 1. The van der Waals surface area contributed by atoms with Gasteiger partial charge in [0.1, 0.15) is 30.0 Å². The van der Waals surface area contributed by atoms with Gasteiger partial charge in [-0.2, -0.15) is 0 Å². The molecule has 1 amide bonds. The summed E-state index contributed by atoms with van der Waals surface area (Å²) in [7, 11) is 1.95. The Hall–Kier alpha value is -3.49. The van der Waals surface area contributed by atoms with E-state index >= 15 is 0 Å². The first-order valence-electron chi connectivity index (χ1n) is 11.0. The van der Waals surface area contributed by atoms with Gasteiger partial charge >= 0.3 is 5.97 Å². The van der Waals surface area contributed by atoms with E-state index in [1.54, 1.807) is 25.1 Å². The normalized spacial score (nSPS) is 14.6. The standard InChI is InChI=1S/C26H23Cl2FN2O5/c1-14-7-18(35-13-19-12-31(2)22-10-16(27)3-6-23(22)36-19)11-20(28)25(14)26(34)30-17-4-5-21(29)15(8-17)9-24(32)33/h3-8,10-11,19H,9,12-13H2,1-2H3,(H,30,34)(H,32,33)/t19-/m0/s1. The van der Waals surface area contributed by atoms with E-state index in [1.165, 1.54) is 12.1 Å². The molecule has 2 N–H and O–H groups in total. The quantitative estimate of drug-likeness (QED) is 0.412. The van der Waals surface area contributed by atoms with Crippen LogP contribution in [0.15, 0.2) is 48.5 Å². The number of likely N-dealkylation sites (N-methyl/N-ethyl adjacent to an activating group) is 1. The molecule has 0 aliphatic carbocycles. The Bertz CT molecular complexity index is 1310. The highest BCUT2D eigenvalue weighted by Crippen LogP contribution is 2.35. The summed E-state index contributed by atoms with van der Waals surface area (Å²) in [6.07, 6.45) is -0.731. The summed E-state index contributed by atoms with van der Waals surface area (Å²) in [5.41, 5.74) is 1.93. The number of nitrogens with zero attached hydrogens (tertiary/aromatic N) is 1. The molecule has 0 saturated heterocycles. The zero-order valence-electron chi connectivity index (χ0n) is 19.5. The number of aliphatic carboxylic acids is 1. The lowest BCUT2D eigenvalue weighted by Crippen LogP contribution is -2.41. The largest absolute Gasteiger partial charge is 0.490 e. The molecule has 3 aromatic rings. The SMILES string of the molecule is Cc1cc(OC[C@@H]2CN(C)c3cc(Cl)ccc3O2)cc(Cl)c1C(=O)Nc1ccc(F)c(CC(=O)O)c1. The van der Waals surface area contributed by atoms with Gasteiger partial charge in [0, 0.05) is 23.3 Å². The molecule has 1 atom stereocenters. The van der Waals surface area contributed by atoms with Crippen LogP contribution < -0.4 is 19.7 Å². The van der Waals surface area contributed by atoms with Crippen molar-refractivity contribution in [3.8, 4) is 11.5 Å². The zero-order chi connectivity index (χ0) is 26.0. The molecule has 0 saturated carbocycles. The molecule has 0 spiro atoms. The molecule has 0 aromatic heterocycles. The zero-order valence-corrected chi connectivity index (χ0v) is 21.0. The summed E-state index contributed by atoms with van der Waals surface area (Å²) in [4.78, 5) is 25.9. The third kappa shape index (κ3) is 5.83. The number of carboxylic acid groups (broad SMARTS) is 1. The van der Waals surface area contributed by atoms with Crippen LogP contribution in [0.5, 0.6) is 11.5 Å². The molecule has 7 nitrogen and oxygen atoms in total. The number of fused-ring (bicyclic) bond motifs is 1. The molecule has 1 aliphatic rings. The van der Waals surface area contributed by atoms with Gasteiger partial charge in [-0.25, -0.2) is 4.39 Å². The number of carboxylic acids is 1. The van der Waals surface area contributed by atoms with E-state index in [2.05, 4.69) is 5.32 Å². The summed E-state index contributed by atoms with van der Waals surface area (Å²) in [6, 6.07) is 12.4. The van der Waals surface area contributed by atoms with Gasteiger partial charge in [0.25, 0.3) is 5.91 Å². The number of anilines is 2. The number of rotatable bonds is 7. The van der Waals surface area contributed by atoms with Crippen molar-refractivity contribution in [2.45, 2.75) is 19.4 Å². The summed E-state index contributed by atoms with van der Waals surface area (Å²) >= 11 is 12.5. The lowest BCUT2D eigenvalue weighted by Gasteiger charge is -2.33. The molecule has 10 heteroatoms. The maximum absolute atomic E-state index is 13.9. The van der Waals surface area contributed by atoms with Crippen LogP contribution in [0.25, 0.3) is 0 Å². The number of amides is 1. The van der Waals surface area contributed by atoms with Crippen molar-refractivity contribution in [1.29, 1.82) is 0 Å². The Morgan fingerprint density at radius 2 is 1.97 bits per heavy atom. The van der Waals surface area contributed by atoms with Crippen LogP contribution >= 0.6 is 23.2 Å². The molecule has 188 valence electrons. The van der Waals surface area contributed by atoms with Gasteiger partial charge < -0.3 is 24.8 Å². The molecule has 4 rings (SSSR count). The van der Waals surface area contributed by atoms with E-state index in [0.717, 1.165) is 17.5 Å². The van der Waals surface area contributed by atoms with Crippen LogP contribution in [0.2, 0.25) is 10.0 Å². The second kappa shape index (κ2) is 10.6. The third-order valence-corrected chi connectivity index (χ3v) is 6.21. The van der Waals surface area contributed by atoms with E-state index in [0.29, 0.717) is 22.9 Å². The first-order chi connectivity index (χ1) is 17.1. The minimum absolute atomic E-state index is 0.0341. The van der Waals surface area contributed by atoms with Gasteiger partial charge in [-0.3, -0.25) is 9.59 Å². The number of hydrogen-bond acceptors (Lipinski definition) is 5. The van der Waals surface area contributed by atoms with E-state index in [4.69, 9.17) is 37.8 Å². The van der Waals surface area contributed by atoms with Gasteiger partial charge in [-0.05, 0) is 61.0 Å². The van der Waals surface area contributed by atoms with Gasteiger partial charge in [-0.15, -0.1) is 0 Å². The molecule has 1 aliphatic heterocycles. The lowest BCUT2D eigenvalue weighted by molar-refractivity contribution is -0.136. The van der Waals surface area contributed by atoms with E-state index in [-0.39, 0.29) is 34.5 Å². The fourth-order valence-electron chi connectivity index (χ4n) is 4.01. The summed E-state index contributed by atoms with van der Waals surface area (Å²) in [6.45, 7) is 2.58. The topological polar surface area (TPSA) is 88.1 Å². The van der Waals surface area contributed by atoms with Gasteiger partial charge in [-0.1, -0.05) is 23.2 Å². The average Bonchev–Trinajstić information content (AvgIpc) is 2.79. The van der Waals surface area contributed by atoms with Crippen molar-refractivity contribution in [3.05, 3.63) is 81.1 Å².